The standard InChI is InChI=1S/C19H18Cl2N4O4S2/c1-22-14(26)12(15(27)23(2)18(22)30)11(9-6-5-8(20)7-10(9)21)13-16(28)24(3)19(31)25(4)17(13)29/h5-7,11,26,28H,1-4H3. The van der Waals surface area contributed by atoms with Crippen molar-refractivity contribution in [3.8, 4) is 11.8 Å². The van der Waals surface area contributed by atoms with Gasteiger partial charge in [0.1, 0.15) is 0 Å². The second-order valence-corrected chi connectivity index (χ2v) is 8.56. The molecule has 0 bridgehead atoms. The van der Waals surface area contributed by atoms with Crippen molar-refractivity contribution in [2.24, 2.45) is 28.2 Å². The van der Waals surface area contributed by atoms with E-state index in [1.165, 1.54) is 55.5 Å². The highest BCUT2D eigenvalue weighted by atomic mass is 35.5. The second-order valence-electron chi connectivity index (χ2n) is 6.98. The molecule has 0 aliphatic carbocycles. The van der Waals surface area contributed by atoms with Crippen LogP contribution in [0.15, 0.2) is 27.8 Å². The van der Waals surface area contributed by atoms with Gasteiger partial charge in [0.15, 0.2) is 9.54 Å². The largest absolute Gasteiger partial charge is 0.494 e. The molecular weight excluding hydrogens is 483 g/mol. The van der Waals surface area contributed by atoms with Gasteiger partial charge >= 0.3 is 0 Å². The van der Waals surface area contributed by atoms with Crippen LogP contribution in [-0.2, 0) is 28.2 Å². The molecule has 8 nitrogen and oxygen atoms in total. The Morgan fingerprint density at radius 3 is 1.61 bits per heavy atom. The average molecular weight is 501 g/mol. The number of hydrogen-bond acceptors (Lipinski definition) is 6. The first-order valence-corrected chi connectivity index (χ1v) is 10.4. The molecule has 0 fully saturated rings. The van der Waals surface area contributed by atoms with E-state index in [0.29, 0.717) is 5.02 Å². The van der Waals surface area contributed by atoms with Crippen LogP contribution in [0.2, 0.25) is 10.0 Å². The smallest absolute Gasteiger partial charge is 0.262 e. The molecule has 1 aromatic carbocycles. The predicted octanol–water partition coefficient (Wildman–Crippen LogP) is 3.12. The number of aromatic hydroxyl groups is 2. The lowest BCUT2D eigenvalue weighted by Crippen LogP contribution is -2.33. The van der Waals surface area contributed by atoms with E-state index >= 15 is 0 Å². The van der Waals surface area contributed by atoms with E-state index < -0.39 is 28.8 Å². The molecule has 0 aliphatic rings. The summed E-state index contributed by atoms with van der Waals surface area (Å²) in [5.41, 5.74) is -1.40. The fourth-order valence-corrected chi connectivity index (χ4v) is 4.27. The normalized spacial score (nSPS) is 11.3. The zero-order chi connectivity index (χ0) is 23.4. The lowest BCUT2D eigenvalue weighted by atomic mass is 9.86. The van der Waals surface area contributed by atoms with Gasteiger partial charge in [0.2, 0.25) is 11.8 Å². The van der Waals surface area contributed by atoms with Crippen LogP contribution in [0.5, 0.6) is 11.8 Å². The summed E-state index contributed by atoms with van der Waals surface area (Å²) >= 11 is 22.8. The average Bonchev–Trinajstić information content (AvgIpc) is 2.73. The molecule has 0 aliphatic heterocycles. The van der Waals surface area contributed by atoms with Crippen molar-refractivity contribution in [2.45, 2.75) is 5.92 Å². The van der Waals surface area contributed by atoms with E-state index in [-0.39, 0.29) is 31.3 Å². The number of halogens is 2. The molecule has 3 aromatic rings. The van der Waals surface area contributed by atoms with Gasteiger partial charge in [-0.3, -0.25) is 27.9 Å². The van der Waals surface area contributed by atoms with E-state index in [0.717, 1.165) is 9.13 Å². The minimum absolute atomic E-state index is 0.0655. The molecule has 164 valence electrons. The Hall–Kier alpha value is -2.40. The third kappa shape index (κ3) is 3.63. The quantitative estimate of drug-likeness (QED) is 0.536. The number of hydrogen-bond donors (Lipinski definition) is 2. The van der Waals surface area contributed by atoms with Crippen molar-refractivity contribution in [3.05, 3.63) is 75.2 Å². The summed E-state index contributed by atoms with van der Waals surface area (Å²) in [6.45, 7) is 0. The van der Waals surface area contributed by atoms with Crippen LogP contribution in [0.4, 0.5) is 0 Å². The maximum atomic E-state index is 13.2. The van der Waals surface area contributed by atoms with E-state index in [2.05, 4.69) is 0 Å². The zero-order valence-electron chi connectivity index (χ0n) is 16.9. The number of aromatic nitrogens is 4. The van der Waals surface area contributed by atoms with Crippen molar-refractivity contribution >= 4 is 47.6 Å². The highest BCUT2D eigenvalue weighted by Gasteiger charge is 2.33. The first-order valence-electron chi connectivity index (χ1n) is 8.82. The van der Waals surface area contributed by atoms with E-state index in [9.17, 15) is 19.8 Å². The van der Waals surface area contributed by atoms with Crippen LogP contribution >= 0.6 is 47.6 Å². The molecule has 0 atom stereocenters. The van der Waals surface area contributed by atoms with Crippen molar-refractivity contribution in [1.82, 2.24) is 18.3 Å². The van der Waals surface area contributed by atoms with Crippen molar-refractivity contribution in [1.29, 1.82) is 0 Å². The van der Waals surface area contributed by atoms with Gasteiger partial charge in [0, 0.05) is 38.2 Å². The van der Waals surface area contributed by atoms with Gasteiger partial charge in [-0.1, -0.05) is 29.3 Å². The number of rotatable bonds is 3. The SMILES string of the molecule is Cn1c(O)c(C(c2ccc(Cl)cc2Cl)c2c(O)n(C)c(=S)n(C)c2=O)c(=O)n(C)c1=S. The monoisotopic (exact) mass is 500 g/mol. The van der Waals surface area contributed by atoms with Crippen LogP contribution < -0.4 is 11.1 Å². The summed E-state index contributed by atoms with van der Waals surface area (Å²) in [5.74, 6) is -2.17. The van der Waals surface area contributed by atoms with Gasteiger partial charge < -0.3 is 10.2 Å². The topological polar surface area (TPSA) is 94.3 Å². The summed E-state index contributed by atoms with van der Waals surface area (Å²) in [5, 5.41) is 22.3. The summed E-state index contributed by atoms with van der Waals surface area (Å²) in [4.78, 5) is 26.4. The first kappa shape index (κ1) is 23.3. The van der Waals surface area contributed by atoms with E-state index in [1.54, 1.807) is 0 Å². The van der Waals surface area contributed by atoms with Gasteiger partial charge in [-0.05, 0) is 42.1 Å². The molecule has 0 radical (unpaired) electrons. The molecular formula is C19H18Cl2N4O4S2. The Morgan fingerprint density at radius 2 is 1.23 bits per heavy atom. The van der Waals surface area contributed by atoms with Gasteiger partial charge in [-0.15, -0.1) is 0 Å². The molecule has 0 saturated heterocycles. The highest BCUT2D eigenvalue weighted by Crippen LogP contribution is 2.40. The van der Waals surface area contributed by atoms with Crippen LogP contribution in [0.3, 0.4) is 0 Å². The maximum absolute atomic E-state index is 13.2. The molecule has 2 aromatic heterocycles. The Balaban J connectivity index is 2.62. The lowest BCUT2D eigenvalue weighted by molar-refractivity contribution is 0.395. The fourth-order valence-electron chi connectivity index (χ4n) is 3.42. The predicted molar refractivity (Wildman–Crippen MR) is 124 cm³/mol. The third-order valence-electron chi connectivity index (χ3n) is 5.19. The maximum Gasteiger partial charge on any atom is 0.262 e. The zero-order valence-corrected chi connectivity index (χ0v) is 20.0. The van der Waals surface area contributed by atoms with Crippen molar-refractivity contribution < 1.29 is 10.2 Å². The molecule has 31 heavy (non-hydrogen) atoms. The number of benzene rings is 1. The lowest BCUT2D eigenvalue weighted by Gasteiger charge is -2.23. The van der Waals surface area contributed by atoms with Gasteiger partial charge in [-0.25, -0.2) is 0 Å². The van der Waals surface area contributed by atoms with Crippen molar-refractivity contribution in [2.75, 3.05) is 0 Å². The summed E-state index contributed by atoms with van der Waals surface area (Å²) in [7, 11) is 5.84. The van der Waals surface area contributed by atoms with Crippen LogP contribution in [0.1, 0.15) is 22.6 Å². The summed E-state index contributed by atoms with van der Waals surface area (Å²) in [6, 6.07) is 4.50. The number of nitrogens with zero attached hydrogens (tertiary/aromatic N) is 4. The minimum Gasteiger partial charge on any atom is -0.494 e. The van der Waals surface area contributed by atoms with E-state index in [4.69, 9.17) is 47.6 Å². The molecule has 2 N–H and O–H groups in total. The van der Waals surface area contributed by atoms with Crippen LogP contribution in [-0.4, -0.2) is 28.5 Å². The van der Waals surface area contributed by atoms with Crippen molar-refractivity contribution in [3.63, 3.8) is 0 Å². The molecule has 2 heterocycles. The van der Waals surface area contributed by atoms with Gasteiger partial charge in [0.25, 0.3) is 11.1 Å². The molecule has 0 amide bonds. The summed E-state index contributed by atoms with van der Waals surface area (Å²) < 4.78 is 4.90. The molecule has 0 saturated carbocycles. The van der Waals surface area contributed by atoms with Crippen LogP contribution in [0, 0.1) is 9.54 Å². The van der Waals surface area contributed by atoms with Gasteiger partial charge in [0.05, 0.1) is 17.0 Å². The molecule has 0 unspecified atom stereocenters. The second kappa shape index (κ2) is 8.27. The Bertz CT molecular complexity index is 1380. The van der Waals surface area contributed by atoms with Gasteiger partial charge in [-0.2, -0.15) is 0 Å². The van der Waals surface area contributed by atoms with Crippen LogP contribution in [0.25, 0.3) is 0 Å². The summed E-state index contributed by atoms with van der Waals surface area (Å²) in [6.07, 6.45) is 0. The first-order chi connectivity index (χ1) is 14.4. The molecule has 3 rings (SSSR count). The molecule has 0 spiro atoms. The Morgan fingerprint density at radius 1 is 0.806 bits per heavy atom. The Labute approximate surface area is 196 Å². The van der Waals surface area contributed by atoms with E-state index in [1.807, 2.05) is 0 Å². The third-order valence-corrected chi connectivity index (χ3v) is 6.84. The Kier molecular flexibility index (Phi) is 6.21. The molecule has 12 heteroatoms. The highest BCUT2D eigenvalue weighted by molar-refractivity contribution is 7.71. The minimum atomic E-state index is -1.24. The fraction of sp³-hybridized carbons (Fsp3) is 0.263.